The van der Waals surface area contributed by atoms with E-state index in [0.29, 0.717) is 6.61 Å². The molecule has 0 fully saturated rings. The second-order valence-corrected chi connectivity index (χ2v) is 12.1. The number of benzene rings is 6. The van der Waals surface area contributed by atoms with Crippen molar-refractivity contribution in [2.24, 2.45) is 0 Å². The first-order chi connectivity index (χ1) is 23.8. The van der Waals surface area contributed by atoms with Gasteiger partial charge in [0.05, 0.1) is 22.1 Å². The van der Waals surface area contributed by atoms with Gasteiger partial charge in [-0.15, -0.1) is 0 Å². The minimum absolute atomic E-state index is 0.416. The number of fused-ring (bicyclic) bond motifs is 4. The number of ether oxygens (including phenoxy) is 2. The first-order valence-electron chi connectivity index (χ1n) is 16.1. The first-order valence-corrected chi connectivity index (χ1v) is 16.1. The van der Waals surface area contributed by atoms with E-state index in [0.717, 1.165) is 94.9 Å². The van der Waals surface area contributed by atoms with Gasteiger partial charge in [-0.2, -0.15) is 0 Å². The average Bonchev–Trinajstić information content (AvgIpc) is 3.69. The van der Waals surface area contributed by atoms with E-state index in [9.17, 15) is 0 Å². The fourth-order valence-electron chi connectivity index (χ4n) is 7.36. The molecule has 5 nitrogen and oxygen atoms in total. The standard InChI is InChI=1S/C43H28N2O3/c1-2-3-16-37-35-26-46-40-25-28(24-33-31-14-9-19-39(48-37)42(31)45(35)43(33)40)27-20-22-30(23-21-27)44(29-11-5-4-6-12-29)34-15-10-18-38-41(34)32-13-7-8-17-36(32)47-38/h2-25H,1,26H2/b16-3-. The summed E-state index contributed by atoms with van der Waals surface area (Å²) in [6.45, 7) is 4.24. The van der Waals surface area contributed by atoms with Crippen molar-refractivity contribution in [2.45, 2.75) is 0 Å². The van der Waals surface area contributed by atoms with Crippen LogP contribution in [0.3, 0.4) is 0 Å². The molecule has 0 spiro atoms. The van der Waals surface area contributed by atoms with Crippen LogP contribution in [0.1, 0.15) is 0 Å². The molecule has 2 aromatic heterocycles. The van der Waals surface area contributed by atoms with E-state index in [1.54, 1.807) is 6.08 Å². The molecule has 0 saturated carbocycles. The Bertz CT molecular complexity index is 2660. The van der Waals surface area contributed by atoms with Crippen LogP contribution in [-0.4, -0.2) is 11.2 Å². The minimum Gasteiger partial charge on any atom is -0.485 e. The summed E-state index contributed by atoms with van der Waals surface area (Å²) in [7, 11) is 0. The number of para-hydroxylation sites is 3. The fraction of sp³-hybridized carbons (Fsp3) is 0.0233. The first kappa shape index (κ1) is 26.7. The Labute approximate surface area is 276 Å². The lowest BCUT2D eigenvalue weighted by molar-refractivity contribution is 0.346. The van der Waals surface area contributed by atoms with E-state index in [2.05, 4.69) is 113 Å². The molecule has 0 unspecified atom stereocenters. The van der Waals surface area contributed by atoms with Crippen LogP contribution >= 0.6 is 0 Å². The maximum atomic E-state index is 6.44. The second-order valence-electron chi connectivity index (χ2n) is 12.1. The number of hydrogen-bond acceptors (Lipinski definition) is 4. The van der Waals surface area contributed by atoms with Gasteiger partial charge in [0.2, 0.25) is 0 Å². The minimum atomic E-state index is 0.416. The van der Waals surface area contributed by atoms with Crippen molar-refractivity contribution >= 4 is 66.5 Å². The van der Waals surface area contributed by atoms with Gasteiger partial charge in [-0.05, 0) is 77.9 Å². The molecule has 8 aromatic rings. The second kappa shape index (κ2) is 10.3. The molecule has 0 N–H and O–H groups in total. The molecule has 228 valence electrons. The van der Waals surface area contributed by atoms with Gasteiger partial charge in [-0.3, -0.25) is 4.57 Å². The predicted octanol–water partition coefficient (Wildman–Crippen LogP) is 11.5. The lowest BCUT2D eigenvalue weighted by Crippen LogP contribution is -2.19. The summed E-state index contributed by atoms with van der Waals surface area (Å²) < 4.78 is 21.4. The van der Waals surface area contributed by atoms with Gasteiger partial charge < -0.3 is 18.8 Å². The van der Waals surface area contributed by atoms with Crippen molar-refractivity contribution in [3.8, 4) is 22.6 Å². The normalized spacial score (nSPS) is 13.6. The smallest absolute Gasteiger partial charge is 0.152 e. The molecule has 2 aliphatic rings. The summed E-state index contributed by atoms with van der Waals surface area (Å²) in [4.78, 5) is 2.31. The van der Waals surface area contributed by atoms with E-state index < -0.39 is 0 Å². The van der Waals surface area contributed by atoms with Crippen LogP contribution in [0.5, 0.6) is 11.5 Å². The summed E-state index contributed by atoms with van der Waals surface area (Å²) in [5.74, 6) is 2.49. The van der Waals surface area contributed by atoms with Crippen molar-refractivity contribution < 1.29 is 13.9 Å². The number of anilines is 3. The van der Waals surface area contributed by atoms with Crippen molar-refractivity contribution in [3.63, 3.8) is 0 Å². The summed E-state index contributed by atoms with van der Waals surface area (Å²) in [5, 5.41) is 4.48. The molecule has 0 saturated heterocycles. The van der Waals surface area contributed by atoms with Crippen molar-refractivity contribution in [1.29, 1.82) is 0 Å². The van der Waals surface area contributed by atoms with Gasteiger partial charge in [0, 0.05) is 27.5 Å². The number of allylic oxidation sites excluding steroid dienone is 3. The zero-order valence-corrected chi connectivity index (χ0v) is 25.9. The molecule has 6 aromatic carbocycles. The van der Waals surface area contributed by atoms with Gasteiger partial charge in [-0.25, -0.2) is 0 Å². The molecule has 0 radical (unpaired) electrons. The lowest BCUT2D eigenvalue weighted by atomic mass is 10.0. The third-order valence-corrected chi connectivity index (χ3v) is 9.43. The van der Waals surface area contributed by atoms with Gasteiger partial charge in [0.25, 0.3) is 0 Å². The number of rotatable bonds is 6. The topological polar surface area (TPSA) is 39.8 Å². The highest BCUT2D eigenvalue weighted by atomic mass is 16.5. The third kappa shape index (κ3) is 3.85. The quantitative estimate of drug-likeness (QED) is 0.173. The maximum Gasteiger partial charge on any atom is 0.152 e. The Balaban J connectivity index is 1.12. The molecule has 5 heteroatoms. The summed E-state index contributed by atoms with van der Waals surface area (Å²) in [5.41, 5.74) is 10.3. The average molecular weight is 621 g/mol. The summed E-state index contributed by atoms with van der Waals surface area (Å²) >= 11 is 0. The highest BCUT2D eigenvalue weighted by Crippen LogP contribution is 2.49. The third-order valence-electron chi connectivity index (χ3n) is 9.43. The van der Waals surface area contributed by atoms with Gasteiger partial charge in [0.1, 0.15) is 29.2 Å². The molecule has 4 heterocycles. The molecule has 2 aliphatic heterocycles. The van der Waals surface area contributed by atoms with Crippen LogP contribution in [0.4, 0.5) is 17.1 Å². The Morgan fingerprint density at radius 1 is 0.646 bits per heavy atom. The SMILES string of the molecule is C=C/C=C\C1=C2COc3cc(-c4ccc(N(c5ccccc5)c5cccc6oc7ccccc7c56)cc4)cc4c5cccc(c5n2c34)O1. The van der Waals surface area contributed by atoms with Crippen LogP contribution in [-0.2, 0) is 0 Å². The van der Waals surface area contributed by atoms with Gasteiger partial charge in [0.15, 0.2) is 11.5 Å². The van der Waals surface area contributed by atoms with E-state index in [1.807, 2.05) is 42.5 Å². The lowest BCUT2D eigenvalue weighted by Gasteiger charge is -2.27. The Morgan fingerprint density at radius 2 is 1.40 bits per heavy atom. The van der Waals surface area contributed by atoms with Crippen molar-refractivity contribution in [3.05, 3.63) is 158 Å². The Kier molecular flexibility index (Phi) is 5.72. The predicted molar refractivity (Wildman–Crippen MR) is 196 cm³/mol. The molecule has 0 atom stereocenters. The van der Waals surface area contributed by atoms with E-state index in [-0.39, 0.29) is 0 Å². The van der Waals surface area contributed by atoms with Crippen LogP contribution < -0.4 is 14.4 Å². The monoisotopic (exact) mass is 620 g/mol. The van der Waals surface area contributed by atoms with E-state index >= 15 is 0 Å². The summed E-state index contributed by atoms with van der Waals surface area (Å²) in [6, 6.07) is 44.5. The van der Waals surface area contributed by atoms with Crippen LogP contribution in [0.25, 0.3) is 60.6 Å². The van der Waals surface area contributed by atoms with Gasteiger partial charge >= 0.3 is 0 Å². The van der Waals surface area contributed by atoms with E-state index in [1.165, 1.54) is 0 Å². The Morgan fingerprint density at radius 3 is 2.27 bits per heavy atom. The molecule has 0 amide bonds. The number of hydrogen-bond donors (Lipinski definition) is 0. The summed E-state index contributed by atoms with van der Waals surface area (Å²) in [6.07, 6.45) is 5.61. The zero-order valence-electron chi connectivity index (χ0n) is 25.9. The largest absolute Gasteiger partial charge is 0.485 e. The maximum absolute atomic E-state index is 6.44. The molecule has 0 bridgehead atoms. The zero-order chi connectivity index (χ0) is 31.8. The number of furan rings is 1. The van der Waals surface area contributed by atoms with Crippen LogP contribution in [0.2, 0.25) is 0 Å². The fourth-order valence-corrected chi connectivity index (χ4v) is 7.36. The van der Waals surface area contributed by atoms with Gasteiger partial charge in [-0.1, -0.05) is 85.5 Å². The molecule has 48 heavy (non-hydrogen) atoms. The highest BCUT2D eigenvalue weighted by molar-refractivity contribution is 6.16. The van der Waals surface area contributed by atoms with Crippen molar-refractivity contribution in [2.75, 3.05) is 11.5 Å². The highest BCUT2D eigenvalue weighted by Gasteiger charge is 2.30. The molecule has 10 rings (SSSR count). The van der Waals surface area contributed by atoms with Crippen LogP contribution in [0, 0.1) is 0 Å². The van der Waals surface area contributed by atoms with Crippen LogP contribution in [0.15, 0.2) is 162 Å². The molecule has 0 aliphatic carbocycles. The number of aromatic nitrogens is 1. The van der Waals surface area contributed by atoms with E-state index in [4.69, 9.17) is 13.9 Å². The molecular formula is C43H28N2O3. The Hall–Kier alpha value is -6.46. The molecular weight excluding hydrogens is 592 g/mol. The number of nitrogens with zero attached hydrogens (tertiary/aromatic N) is 2. The van der Waals surface area contributed by atoms with Crippen molar-refractivity contribution in [1.82, 2.24) is 4.57 Å².